The smallest absolute Gasteiger partial charge is 0.234 e. The van der Waals surface area contributed by atoms with Crippen LogP contribution < -0.4 is 5.32 Å². The summed E-state index contributed by atoms with van der Waals surface area (Å²) < 4.78 is 5.49. The standard InChI is InChI=1S/C10H20N2O2/c1-4-11-10(13)6-12-5-9(3)14-7-8(12)2/h8-9H,4-7H2,1-3H3,(H,11,13). The van der Waals surface area contributed by atoms with E-state index in [-0.39, 0.29) is 12.0 Å². The monoisotopic (exact) mass is 200 g/mol. The molecule has 1 saturated heterocycles. The number of hydrogen-bond donors (Lipinski definition) is 1. The molecule has 0 aliphatic carbocycles. The lowest BCUT2D eigenvalue weighted by Gasteiger charge is -2.36. The zero-order chi connectivity index (χ0) is 10.6. The molecule has 1 fully saturated rings. The molecule has 0 aromatic rings. The largest absolute Gasteiger partial charge is 0.376 e. The molecule has 2 unspecified atom stereocenters. The minimum Gasteiger partial charge on any atom is -0.376 e. The third-order valence-electron chi connectivity index (χ3n) is 2.46. The SMILES string of the molecule is CCNC(=O)CN1CC(C)OCC1C. The Balaban J connectivity index is 2.37. The van der Waals surface area contributed by atoms with Gasteiger partial charge in [0.15, 0.2) is 0 Å². The highest BCUT2D eigenvalue weighted by Gasteiger charge is 2.24. The second kappa shape index (κ2) is 5.32. The molecule has 1 rings (SSSR count). The van der Waals surface area contributed by atoms with E-state index >= 15 is 0 Å². The minimum atomic E-state index is 0.105. The summed E-state index contributed by atoms with van der Waals surface area (Å²) in [5.41, 5.74) is 0. The Bertz CT molecular complexity index is 197. The van der Waals surface area contributed by atoms with E-state index in [1.54, 1.807) is 0 Å². The first-order valence-electron chi connectivity index (χ1n) is 5.25. The van der Waals surface area contributed by atoms with Crippen molar-refractivity contribution in [1.29, 1.82) is 0 Å². The van der Waals surface area contributed by atoms with Gasteiger partial charge in [-0.1, -0.05) is 0 Å². The Hall–Kier alpha value is -0.610. The van der Waals surface area contributed by atoms with Gasteiger partial charge in [0, 0.05) is 19.1 Å². The van der Waals surface area contributed by atoms with Crippen LogP contribution in [0.5, 0.6) is 0 Å². The van der Waals surface area contributed by atoms with Crippen LogP contribution in [0.2, 0.25) is 0 Å². The molecule has 2 atom stereocenters. The predicted octanol–water partition coefficient (Wildman–Crippen LogP) is 0.232. The topological polar surface area (TPSA) is 41.6 Å². The number of carbonyl (C=O) groups excluding carboxylic acids is 1. The average Bonchev–Trinajstić information content (AvgIpc) is 2.12. The highest BCUT2D eigenvalue weighted by Crippen LogP contribution is 2.10. The summed E-state index contributed by atoms with van der Waals surface area (Å²) >= 11 is 0. The van der Waals surface area contributed by atoms with Crippen molar-refractivity contribution in [3.05, 3.63) is 0 Å². The summed E-state index contributed by atoms with van der Waals surface area (Å²) in [6, 6.07) is 0.341. The fraction of sp³-hybridized carbons (Fsp3) is 0.900. The van der Waals surface area contributed by atoms with Gasteiger partial charge < -0.3 is 10.1 Å². The van der Waals surface area contributed by atoms with Gasteiger partial charge in [-0.05, 0) is 20.8 Å². The molecule has 4 heteroatoms. The van der Waals surface area contributed by atoms with Crippen molar-refractivity contribution in [2.45, 2.75) is 32.9 Å². The van der Waals surface area contributed by atoms with Crippen molar-refractivity contribution in [2.75, 3.05) is 26.2 Å². The van der Waals surface area contributed by atoms with Gasteiger partial charge >= 0.3 is 0 Å². The maximum Gasteiger partial charge on any atom is 0.234 e. The molecular formula is C10H20N2O2. The zero-order valence-corrected chi connectivity index (χ0v) is 9.25. The van der Waals surface area contributed by atoms with Crippen LogP contribution in [-0.2, 0) is 9.53 Å². The van der Waals surface area contributed by atoms with Crippen molar-refractivity contribution in [2.24, 2.45) is 0 Å². The summed E-state index contributed by atoms with van der Waals surface area (Å²) in [4.78, 5) is 13.5. The maximum atomic E-state index is 11.4. The third kappa shape index (κ3) is 3.27. The van der Waals surface area contributed by atoms with Gasteiger partial charge in [0.25, 0.3) is 0 Å². The molecule has 14 heavy (non-hydrogen) atoms. The Morgan fingerprint density at radius 1 is 1.57 bits per heavy atom. The number of nitrogens with one attached hydrogen (secondary N) is 1. The van der Waals surface area contributed by atoms with Gasteiger partial charge in [-0.3, -0.25) is 9.69 Å². The quantitative estimate of drug-likeness (QED) is 0.709. The second-order valence-electron chi connectivity index (χ2n) is 3.88. The van der Waals surface area contributed by atoms with Crippen molar-refractivity contribution in [3.63, 3.8) is 0 Å². The Morgan fingerprint density at radius 2 is 2.29 bits per heavy atom. The Labute approximate surface area is 85.6 Å². The van der Waals surface area contributed by atoms with Crippen molar-refractivity contribution < 1.29 is 9.53 Å². The lowest BCUT2D eigenvalue weighted by molar-refractivity contribution is -0.125. The van der Waals surface area contributed by atoms with Gasteiger partial charge in [0.2, 0.25) is 5.91 Å². The minimum absolute atomic E-state index is 0.105. The second-order valence-corrected chi connectivity index (χ2v) is 3.88. The van der Waals surface area contributed by atoms with Crippen molar-refractivity contribution >= 4 is 5.91 Å². The van der Waals surface area contributed by atoms with E-state index in [1.807, 2.05) is 13.8 Å². The first-order valence-corrected chi connectivity index (χ1v) is 5.25. The summed E-state index contributed by atoms with van der Waals surface area (Å²) in [6.45, 7) is 8.82. The number of likely N-dealkylation sites (N-methyl/N-ethyl adjacent to an activating group) is 1. The zero-order valence-electron chi connectivity index (χ0n) is 9.25. The van der Waals surface area contributed by atoms with Crippen molar-refractivity contribution in [3.8, 4) is 0 Å². The number of ether oxygens (including phenoxy) is 1. The number of morpholine rings is 1. The molecule has 1 aliphatic rings. The number of hydrogen-bond acceptors (Lipinski definition) is 3. The fourth-order valence-corrected chi connectivity index (χ4v) is 1.63. The van der Waals surface area contributed by atoms with Gasteiger partial charge in [-0.2, -0.15) is 0 Å². The fourth-order valence-electron chi connectivity index (χ4n) is 1.63. The van der Waals surface area contributed by atoms with Crippen LogP contribution in [0.3, 0.4) is 0 Å². The van der Waals surface area contributed by atoms with Crippen LogP contribution >= 0.6 is 0 Å². The van der Waals surface area contributed by atoms with E-state index in [0.717, 1.165) is 13.2 Å². The van der Waals surface area contributed by atoms with Crippen LogP contribution in [0, 0.1) is 0 Å². The van der Waals surface area contributed by atoms with E-state index in [2.05, 4.69) is 17.1 Å². The first kappa shape index (κ1) is 11.5. The molecular weight excluding hydrogens is 180 g/mol. The summed E-state index contributed by atoms with van der Waals surface area (Å²) in [5.74, 6) is 0.105. The average molecular weight is 200 g/mol. The van der Waals surface area contributed by atoms with Crippen LogP contribution in [0.4, 0.5) is 0 Å². The normalized spacial score (nSPS) is 28.8. The molecule has 1 heterocycles. The summed E-state index contributed by atoms with van der Waals surface area (Å²) in [5, 5.41) is 2.81. The third-order valence-corrected chi connectivity index (χ3v) is 2.46. The lowest BCUT2D eigenvalue weighted by atomic mass is 10.2. The first-order chi connectivity index (χ1) is 6.63. The number of nitrogens with zero attached hydrogens (tertiary/aromatic N) is 1. The van der Waals surface area contributed by atoms with Crippen LogP contribution in [0.15, 0.2) is 0 Å². The molecule has 0 aromatic heterocycles. The molecule has 0 spiro atoms. The maximum absolute atomic E-state index is 11.4. The molecule has 82 valence electrons. The molecule has 0 saturated carbocycles. The van der Waals surface area contributed by atoms with Gasteiger partial charge in [0.05, 0.1) is 19.3 Å². The van der Waals surface area contributed by atoms with Crippen LogP contribution in [0.1, 0.15) is 20.8 Å². The van der Waals surface area contributed by atoms with Gasteiger partial charge in [-0.25, -0.2) is 0 Å². The van der Waals surface area contributed by atoms with Crippen LogP contribution in [0.25, 0.3) is 0 Å². The van der Waals surface area contributed by atoms with E-state index in [1.165, 1.54) is 0 Å². The lowest BCUT2D eigenvalue weighted by Crippen LogP contribution is -2.50. The number of amides is 1. The molecule has 1 amide bonds. The summed E-state index contributed by atoms with van der Waals surface area (Å²) in [7, 11) is 0. The predicted molar refractivity (Wildman–Crippen MR) is 55.1 cm³/mol. The van der Waals surface area contributed by atoms with Crippen molar-refractivity contribution in [1.82, 2.24) is 10.2 Å². The molecule has 0 aromatic carbocycles. The molecule has 4 nitrogen and oxygen atoms in total. The molecule has 0 radical (unpaired) electrons. The number of carbonyl (C=O) groups is 1. The van der Waals surface area contributed by atoms with E-state index in [0.29, 0.717) is 19.1 Å². The van der Waals surface area contributed by atoms with E-state index in [4.69, 9.17) is 4.74 Å². The molecule has 1 aliphatic heterocycles. The summed E-state index contributed by atoms with van der Waals surface area (Å²) in [6.07, 6.45) is 0.237. The highest BCUT2D eigenvalue weighted by molar-refractivity contribution is 5.77. The van der Waals surface area contributed by atoms with E-state index in [9.17, 15) is 4.79 Å². The van der Waals surface area contributed by atoms with Crippen LogP contribution in [-0.4, -0.2) is 49.2 Å². The highest BCUT2D eigenvalue weighted by atomic mass is 16.5. The van der Waals surface area contributed by atoms with Gasteiger partial charge in [0.1, 0.15) is 0 Å². The number of rotatable bonds is 3. The van der Waals surface area contributed by atoms with Gasteiger partial charge in [-0.15, -0.1) is 0 Å². The molecule has 1 N–H and O–H groups in total. The molecule has 0 bridgehead atoms. The Morgan fingerprint density at radius 3 is 2.93 bits per heavy atom. The van der Waals surface area contributed by atoms with E-state index < -0.39 is 0 Å². The Kier molecular flexibility index (Phi) is 4.35.